The molecule has 5 fully saturated rings. The van der Waals surface area contributed by atoms with Crippen LogP contribution in [-0.4, -0.2) is 91.3 Å². The van der Waals surface area contributed by atoms with Gasteiger partial charge in [0.2, 0.25) is 5.91 Å². The van der Waals surface area contributed by atoms with Gasteiger partial charge in [-0.15, -0.1) is 0 Å². The van der Waals surface area contributed by atoms with Crippen molar-refractivity contribution in [2.75, 3.05) is 40.3 Å². The van der Waals surface area contributed by atoms with Crippen LogP contribution in [0.15, 0.2) is 36.4 Å². The zero-order valence-electron chi connectivity index (χ0n) is 27.2. The Morgan fingerprint density at radius 2 is 1.79 bits per heavy atom. The smallest absolute Gasteiger partial charge is 0.304 e. The van der Waals surface area contributed by atoms with Crippen molar-refractivity contribution in [2.24, 2.45) is 5.41 Å². The molecule has 5 heterocycles. The second-order valence-electron chi connectivity index (χ2n) is 14.9. The summed E-state index contributed by atoms with van der Waals surface area (Å²) in [5.41, 5.74) is 5.41. The van der Waals surface area contributed by atoms with Gasteiger partial charge in [0.15, 0.2) is 0 Å². The standard InChI is InChI=1S/C36H43N5O5S/c1-38-19-25-16-24(38)20-40(25)35(43)36-18-30(36)29-17-26(46-2)10-12-27(29)33-32(22-7-4-3-5-8-22)28-11-9-23(15-31(28)41(33)21-36)34(42)37-47(44,45)39-13-6-14-39/h9-12,15,17,22,24-25,30H,3-8,13-14,16,18-21H2,1-2H3,(H,37,42)/t24-,25-,30?,36?/m1/s1. The lowest BCUT2D eigenvalue weighted by Gasteiger charge is -2.35. The fourth-order valence-corrected chi connectivity index (χ4v) is 10.8. The average molecular weight is 658 g/mol. The number of nitrogens with zero attached hydrogens (tertiary/aromatic N) is 4. The summed E-state index contributed by atoms with van der Waals surface area (Å²) in [6.45, 7) is 3.09. The topological polar surface area (TPSA) is 104 Å². The summed E-state index contributed by atoms with van der Waals surface area (Å²) in [4.78, 5) is 32.8. The summed E-state index contributed by atoms with van der Waals surface area (Å²) in [6.07, 6.45) is 8.41. The highest BCUT2D eigenvalue weighted by atomic mass is 32.2. The second kappa shape index (κ2) is 10.5. The van der Waals surface area contributed by atoms with E-state index in [0.29, 0.717) is 37.2 Å². The van der Waals surface area contributed by atoms with Crippen molar-refractivity contribution in [1.29, 1.82) is 0 Å². The van der Waals surface area contributed by atoms with E-state index in [0.717, 1.165) is 73.1 Å². The van der Waals surface area contributed by atoms with Crippen molar-refractivity contribution < 1.29 is 22.7 Å². The molecular formula is C36H43N5O5S. The Bertz CT molecular complexity index is 1930. The van der Waals surface area contributed by atoms with Gasteiger partial charge in [-0.05, 0) is 86.5 Å². The van der Waals surface area contributed by atoms with E-state index in [2.05, 4.69) is 38.3 Å². The number of likely N-dealkylation sites (tertiary alicyclic amines) is 2. The number of amides is 2. The molecule has 47 heavy (non-hydrogen) atoms. The summed E-state index contributed by atoms with van der Waals surface area (Å²) in [5.74, 6) is 0.874. The van der Waals surface area contributed by atoms with Crippen molar-refractivity contribution in [3.05, 3.63) is 53.1 Å². The lowest BCUT2D eigenvalue weighted by atomic mass is 9.81. The van der Waals surface area contributed by atoms with Crippen molar-refractivity contribution >= 4 is 32.9 Å². The molecule has 11 heteroatoms. The van der Waals surface area contributed by atoms with E-state index < -0.39 is 21.5 Å². The SMILES string of the molecule is COc1ccc2c(c1)C1CC1(C(=O)N1C[C@H]3C[C@@H]1CN3C)Cn1c-2c(C2CCCCC2)c2ccc(C(=O)NS(=O)(=O)N3CCC3)cc21. The summed E-state index contributed by atoms with van der Waals surface area (Å²) in [6, 6.07) is 12.7. The van der Waals surface area contributed by atoms with E-state index in [4.69, 9.17) is 4.74 Å². The van der Waals surface area contributed by atoms with Crippen molar-refractivity contribution in [3.63, 3.8) is 0 Å². The number of carbonyl (C=O) groups is 2. The number of ether oxygens (including phenoxy) is 1. The molecule has 4 aliphatic heterocycles. The van der Waals surface area contributed by atoms with Crippen LogP contribution in [0.4, 0.5) is 0 Å². The van der Waals surface area contributed by atoms with Crippen LogP contribution in [0.1, 0.15) is 84.7 Å². The van der Waals surface area contributed by atoms with Crippen LogP contribution >= 0.6 is 0 Å². The molecule has 2 saturated carbocycles. The van der Waals surface area contributed by atoms with Gasteiger partial charge in [0.1, 0.15) is 5.75 Å². The molecule has 1 N–H and O–H groups in total. The molecule has 2 unspecified atom stereocenters. The molecule has 248 valence electrons. The predicted octanol–water partition coefficient (Wildman–Crippen LogP) is 4.45. The van der Waals surface area contributed by atoms with Gasteiger partial charge in [-0.3, -0.25) is 14.5 Å². The summed E-state index contributed by atoms with van der Waals surface area (Å²) in [7, 11) is -0.0312. The van der Waals surface area contributed by atoms with Gasteiger partial charge in [-0.1, -0.05) is 25.3 Å². The van der Waals surface area contributed by atoms with Crippen LogP contribution in [0.5, 0.6) is 5.75 Å². The fourth-order valence-electron chi connectivity index (χ4n) is 9.59. The Balaban J connectivity index is 1.21. The van der Waals surface area contributed by atoms with Crippen molar-refractivity contribution in [1.82, 2.24) is 23.4 Å². The second-order valence-corrected chi connectivity index (χ2v) is 16.6. The van der Waals surface area contributed by atoms with Crippen molar-refractivity contribution in [3.8, 4) is 17.0 Å². The van der Waals surface area contributed by atoms with E-state index in [1.807, 2.05) is 18.2 Å². The van der Waals surface area contributed by atoms with Gasteiger partial charge in [0.05, 0.1) is 18.2 Å². The minimum atomic E-state index is -3.89. The maximum absolute atomic E-state index is 14.8. The number of benzene rings is 2. The zero-order valence-corrected chi connectivity index (χ0v) is 28.0. The Kier molecular flexibility index (Phi) is 6.66. The van der Waals surface area contributed by atoms with Crippen LogP contribution in [0.2, 0.25) is 0 Å². The molecule has 10 nitrogen and oxygen atoms in total. The lowest BCUT2D eigenvalue weighted by Crippen LogP contribution is -2.50. The third-order valence-corrected chi connectivity index (χ3v) is 13.9. The number of nitrogens with one attached hydrogen (secondary N) is 1. The van der Waals surface area contributed by atoms with E-state index in [1.165, 1.54) is 34.7 Å². The third kappa shape index (κ3) is 4.45. The average Bonchev–Trinajstić information content (AvgIpc) is 3.28. The molecule has 6 aliphatic rings. The van der Waals surface area contributed by atoms with Crippen LogP contribution in [-0.2, 0) is 21.5 Å². The van der Waals surface area contributed by atoms with Gasteiger partial charge in [-0.2, -0.15) is 12.7 Å². The number of methoxy groups -OCH3 is 1. The molecule has 2 amide bonds. The van der Waals surface area contributed by atoms with E-state index in [1.54, 1.807) is 13.2 Å². The van der Waals surface area contributed by atoms with Gasteiger partial charge in [0.25, 0.3) is 5.91 Å². The molecule has 3 aromatic rings. The Morgan fingerprint density at radius 1 is 0.979 bits per heavy atom. The van der Waals surface area contributed by atoms with Gasteiger partial charge >= 0.3 is 10.2 Å². The minimum Gasteiger partial charge on any atom is -0.497 e. The summed E-state index contributed by atoms with van der Waals surface area (Å²) >= 11 is 0. The van der Waals surface area contributed by atoms with Gasteiger partial charge < -0.3 is 14.2 Å². The monoisotopic (exact) mass is 657 g/mol. The number of aromatic nitrogens is 1. The number of rotatable bonds is 6. The number of likely N-dealkylation sites (N-methyl/N-ethyl adjacent to an activating group) is 1. The molecule has 2 bridgehead atoms. The number of fused-ring (bicyclic) bond motifs is 9. The molecule has 0 radical (unpaired) electrons. The largest absolute Gasteiger partial charge is 0.497 e. The van der Waals surface area contributed by atoms with Crippen LogP contribution in [0.3, 0.4) is 0 Å². The first-order chi connectivity index (χ1) is 22.7. The van der Waals surface area contributed by atoms with Crippen LogP contribution in [0.25, 0.3) is 22.2 Å². The van der Waals surface area contributed by atoms with Crippen molar-refractivity contribution in [2.45, 2.75) is 81.8 Å². The quantitative estimate of drug-likeness (QED) is 0.421. The van der Waals surface area contributed by atoms with Crippen LogP contribution < -0.4 is 9.46 Å². The number of piperazine rings is 1. The predicted molar refractivity (Wildman–Crippen MR) is 179 cm³/mol. The molecule has 3 saturated heterocycles. The first-order valence-corrected chi connectivity index (χ1v) is 18.8. The fraction of sp³-hybridized carbons (Fsp3) is 0.556. The normalized spacial score (nSPS) is 28.7. The molecular weight excluding hydrogens is 614 g/mol. The van der Waals surface area contributed by atoms with E-state index in [9.17, 15) is 18.0 Å². The molecule has 1 aromatic heterocycles. The number of carbonyl (C=O) groups excluding carboxylic acids is 2. The lowest BCUT2D eigenvalue weighted by molar-refractivity contribution is -0.140. The maximum atomic E-state index is 14.8. The first-order valence-electron chi connectivity index (χ1n) is 17.4. The summed E-state index contributed by atoms with van der Waals surface area (Å²) in [5, 5.41) is 1.10. The Labute approximate surface area is 276 Å². The highest BCUT2D eigenvalue weighted by Gasteiger charge is 2.65. The molecule has 9 rings (SSSR count). The first kappa shape index (κ1) is 29.7. The van der Waals surface area contributed by atoms with Gasteiger partial charge in [-0.25, -0.2) is 4.72 Å². The molecule has 2 aliphatic carbocycles. The number of hydrogen-bond acceptors (Lipinski definition) is 6. The molecule has 2 aromatic carbocycles. The van der Waals surface area contributed by atoms with E-state index in [-0.39, 0.29) is 17.9 Å². The van der Waals surface area contributed by atoms with Crippen LogP contribution in [0, 0.1) is 5.41 Å². The highest BCUT2D eigenvalue weighted by molar-refractivity contribution is 7.87. The Morgan fingerprint density at radius 3 is 2.47 bits per heavy atom. The zero-order chi connectivity index (χ0) is 32.2. The van der Waals surface area contributed by atoms with Gasteiger partial charge in [0, 0.05) is 72.8 Å². The number of hydrogen-bond donors (Lipinski definition) is 1. The molecule has 0 spiro atoms. The minimum absolute atomic E-state index is 0.0827. The summed E-state index contributed by atoms with van der Waals surface area (Å²) < 4.78 is 37.3. The Hall–Kier alpha value is -3.41. The highest BCUT2D eigenvalue weighted by Crippen LogP contribution is 2.66. The maximum Gasteiger partial charge on any atom is 0.304 e. The third-order valence-electron chi connectivity index (χ3n) is 12.4. The van der Waals surface area contributed by atoms with E-state index >= 15 is 0 Å². The molecule has 4 atom stereocenters.